The Hall–Kier alpha value is -4.57. The quantitative estimate of drug-likeness (QED) is 0.398. The molecule has 10 heteroatoms. The molecule has 0 radical (unpaired) electrons. The number of carbonyl (C=O) groups is 4. The highest BCUT2D eigenvalue weighted by Gasteiger charge is 2.42. The van der Waals surface area contributed by atoms with Crippen LogP contribution in [0.15, 0.2) is 89.0 Å². The maximum absolute atomic E-state index is 13.7. The van der Waals surface area contributed by atoms with Crippen molar-refractivity contribution in [1.29, 1.82) is 0 Å². The molecule has 1 heterocycles. The Morgan fingerprint density at radius 3 is 2.24 bits per heavy atom. The summed E-state index contributed by atoms with van der Waals surface area (Å²) >= 11 is 0. The summed E-state index contributed by atoms with van der Waals surface area (Å²) in [6, 6.07) is 18.3. The summed E-state index contributed by atoms with van der Waals surface area (Å²) in [5.74, 6) is -1.17. The molecule has 0 saturated heterocycles. The summed E-state index contributed by atoms with van der Waals surface area (Å²) in [5, 5.41) is 3.42. The van der Waals surface area contributed by atoms with E-state index in [0.717, 1.165) is 12.6 Å². The molecule has 1 aliphatic carbocycles. The van der Waals surface area contributed by atoms with Crippen molar-refractivity contribution in [3.05, 3.63) is 95.2 Å². The molecule has 9 nitrogen and oxygen atoms in total. The zero-order chi connectivity index (χ0) is 30.4. The van der Waals surface area contributed by atoms with Gasteiger partial charge in [-0.25, -0.2) is 12.7 Å². The van der Waals surface area contributed by atoms with Crippen LogP contribution in [-0.4, -0.2) is 32.3 Å². The molecule has 0 saturated carbocycles. The topological polar surface area (TPSA) is 121 Å². The minimum absolute atomic E-state index is 0.0489. The monoisotopic (exact) mass is 585 g/mol. The molecule has 0 fully saturated rings. The molecule has 1 atom stereocenters. The number of allylic oxidation sites excluding steroid dienone is 1. The van der Waals surface area contributed by atoms with Gasteiger partial charge in [0.05, 0.1) is 28.0 Å². The molecule has 3 aromatic rings. The highest BCUT2D eigenvalue weighted by molar-refractivity contribution is 7.93. The fourth-order valence-corrected chi connectivity index (χ4v) is 7.27. The van der Waals surface area contributed by atoms with Crippen molar-refractivity contribution in [2.75, 3.05) is 14.5 Å². The second kappa shape index (κ2) is 10.7. The number of sulfonamides is 1. The Kier molecular flexibility index (Phi) is 7.36. The third kappa shape index (κ3) is 5.02. The van der Waals surface area contributed by atoms with Crippen molar-refractivity contribution in [3.63, 3.8) is 0 Å². The van der Waals surface area contributed by atoms with E-state index >= 15 is 0 Å². The molecule has 0 aromatic heterocycles. The molecule has 42 heavy (non-hydrogen) atoms. The number of Topliss-reactive ketones (excluding diaryl/α,β-unsaturated/α-hetero) is 1. The van der Waals surface area contributed by atoms with Gasteiger partial charge in [-0.3, -0.25) is 24.1 Å². The number of aldehydes is 1. The first-order chi connectivity index (χ1) is 19.9. The summed E-state index contributed by atoms with van der Waals surface area (Å²) in [5.41, 5.74) is 2.71. The zero-order valence-electron chi connectivity index (χ0n) is 23.7. The van der Waals surface area contributed by atoms with Crippen LogP contribution in [0, 0.1) is 5.41 Å². The van der Waals surface area contributed by atoms with Crippen molar-refractivity contribution in [3.8, 4) is 0 Å². The minimum Gasteiger partial charge on any atom is -0.357 e. The summed E-state index contributed by atoms with van der Waals surface area (Å²) in [6.07, 6.45) is 1.37. The number of para-hydroxylation sites is 3. The lowest BCUT2D eigenvalue weighted by atomic mass is 9.73. The molecule has 2 aliphatic rings. The van der Waals surface area contributed by atoms with Crippen LogP contribution in [0.4, 0.5) is 17.1 Å². The molecule has 216 valence electrons. The Balaban J connectivity index is 1.65. The Morgan fingerprint density at radius 1 is 0.952 bits per heavy atom. The number of hydrogen-bond donors (Lipinski definition) is 1. The van der Waals surface area contributed by atoms with Gasteiger partial charge in [0.15, 0.2) is 12.1 Å². The van der Waals surface area contributed by atoms with E-state index in [-0.39, 0.29) is 33.3 Å². The number of rotatable bonds is 5. The van der Waals surface area contributed by atoms with Gasteiger partial charge < -0.3 is 5.32 Å². The predicted molar refractivity (Wildman–Crippen MR) is 160 cm³/mol. The fraction of sp³-hybridized carbons (Fsp3) is 0.250. The van der Waals surface area contributed by atoms with Crippen LogP contribution in [0.5, 0.6) is 0 Å². The van der Waals surface area contributed by atoms with Crippen LogP contribution in [0.2, 0.25) is 0 Å². The molecular weight excluding hydrogens is 554 g/mol. The average Bonchev–Trinajstić information content (AvgIpc) is 3.07. The SMILES string of the molecule is CC(=O)N1c2ccccc2NC2=C(C(=O)CC(C)(C)C2)C1c1ccc(S(=O)(=O)N(C(C)=O)c2ccccc2C=O)cc1. The third-order valence-electron chi connectivity index (χ3n) is 7.54. The second-order valence-electron chi connectivity index (χ2n) is 11.3. The molecule has 0 bridgehead atoms. The second-order valence-corrected chi connectivity index (χ2v) is 13.1. The van der Waals surface area contributed by atoms with E-state index in [1.165, 1.54) is 31.2 Å². The Bertz CT molecular complexity index is 1760. The van der Waals surface area contributed by atoms with Crippen molar-refractivity contribution in [1.82, 2.24) is 0 Å². The van der Waals surface area contributed by atoms with E-state index < -0.39 is 22.0 Å². The van der Waals surface area contributed by atoms with Crippen LogP contribution in [0.1, 0.15) is 62.5 Å². The first kappa shape index (κ1) is 28.9. The minimum atomic E-state index is -4.42. The predicted octanol–water partition coefficient (Wildman–Crippen LogP) is 5.40. The summed E-state index contributed by atoms with van der Waals surface area (Å²) in [6.45, 7) is 6.58. The van der Waals surface area contributed by atoms with Crippen molar-refractivity contribution >= 4 is 51.0 Å². The molecule has 0 spiro atoms. The number of ketones is 1. The van der Waals surface area contributed by atoms with Gasteiger partial charge in [0, 0.05) is 37.1 Å². The number of nitrogens with zero attached hydrogens (tertiary/aromatic N) is 2. The van der Waals surface area contributed by atoms with Gasteiger partial charge in [-0.05, 0) is 53.8 Å². The van der Waals surface area contributed by atoms with Crippen LogP contribution in [0.3, 0.4) is 0 Å². The fourth-order valence-electron chi connectivity index (χ4n) is 5.82. The van der Waals surface area contributed by atoms with Gasteiger partial charge >= 0.3 is 0 Å². The summed E-state index contributed by atoms with van der Waals surface area (Å²) in [7, 11) is -4.42. The van der Waals surface area contributed by atoms with Crippen molar-refractivity contribution in [2.24, 2.45) is 5.41 Å². The summed E-state index contributed by atoms with van der Waals surface area (Å²) in [4.78, 5) is 52.5. The number of nitrogens with one attached hydrogen (secondary N) is 1. The van der Waals surface area contributed by atoms with E-state index in [9.17, 15) is 27.6 Å². The van der Waals surface area contributed by atoms with Gasteiger partial charge in [0.25, 0.3) is 10.0 Å². The van der Waals surface area contributed by atoms with E-state index in [1.54, 1.807) is 35.2 Å². The van der Waals surface area contributed by atoms with Crippen molar-refractivity contribution < 1.29 is 27.6 Å². The van der Waals surface area contributed by atoms with Gasteiger partial charge in [0.2, 0.25) is 11.8 Å². The molecule has 1 aliphatic heterocycles. The number of fused-ring (bicyclic) bond motifs is 1. The van der Waals surface area contributed by atoms with Gasteiger partial charge in [-0.15, -0.1) is 0 Å². The van der Waals surface area contributed by atoms with E-state index in [4.69, 9.17) is 0 Å². The lowest BCUT2D eigenvalue weighted by Crippen LogP contribution is -2.38. The number of amides is 2. The third-order valence-corrected chi connectivity index (χ3v) is 9.34. The average molecular weight is 586 g/mol. The zero-order valence-corrected chi connectivity index (χ0v) is 24.6. The number of benzene rings is 3. The van der Waals surface area contributed by atoms with Gasteiger partial charge in [-0.1, -0.05) is 50.2 Å². The smallest absolute Gasteiger partial charge is 0.270 e. The van der Waals surface area contributed by atoms with Gasteiger partial charge in [-0.2, -0.15) is 0 Å². The molecule has 2 amide bonds. The Morgan fingerprint density at radius 2 is 1.60 bits per heavy atom. The normalized spacial score (nSPS) is 17.9. The van der Waals surface area contributed by atoms with Crippen LogP contribution >= 0.6 is 0 Å². The molecule has 1 N–H and O–H groups in total. The van der Waals surface area contributed by atoms with Gasteiger partial charge in [0.1, 0.15) is 0 Å². The maximum atomic E-state index is 13.7. The first-order valence-electron chi connectivity index (χ1n) is 13.5. The molecule has 1 unspecified atom stereocenters. The lowest BCUT2D eigenvalue weighted by Gasteiger charge is -2.36. The van der Waals surface area contributed by atoms with Crippen LogP contribution in [-0.2, 0) is 24.4 Å². The van der Waals surface area contributed by atoms with Crippen LogP contribution in [0.25, 0.3) is 0 Å². The van der Waals surface area contributed by atoms with Crippen molar-refractivity contribution in [2.45, 2.75) is 51.5 Å². The van der Waals surface area contributed by atoms with E-state index in [2.05, 4.69) is 5.32 Å². The number of anilines is 3. The highest BCUT2D eigenvalue weighted by Crippen LogP contribution is 2.48. The number of carbonyl (C=O) groups excluding carboxylic acids is 4. The van der Waals surface area contributed by atoms with E-state index in [1.807, 2.05) is 32.0 Å². The molecular formula is C32H31N3O6S. The van der Waals surface area contributed by atoms with E-state index in [0.29, 0.717) is 45.9 Å². The highest BCUT2D eigenvalue weighted by atomic mass is 32.2. The lowest BCUT2D eigenvalue weighted by molar-refractivity contribution is -0.119. The maximum Gasteiger partial charge on any atom is 0.270 e. The Labute approximate surface area is 244 Å². The van der Waals surface area contributed by atoms with Crippen LogP contribution < -0.4 is 14.5 Å². The first-order valence-corrected chi connectivity index (χ1v) is 14.9. The molecule has 5 rings (SSSR count). The molecule has 3 aromatic carbocycles. The number of hydrogen-bond acceptors (Lipinski definition) is 7. The summed E-state index contributed by atoms with van der Waals surface area (Å²) < 4.78 is 28.1. The largest absolute Gasteiger partial charge is 0.357 e. The standard InChI is InChI=1S/C32H31N3O6S/c1-20(37)34-28-12-8-6-10-25(28)33-26-17-32(3,4)18-29(39)30(26)31(34)22-13-15-24(16-14-22)42(40,41)35(21(2)38)27-11-7-5-9-23(27)19-36/h5-16,19,31,33H,17-18H2,1-4H3.